The second-order valence-electron chi connectivity index (χ2n) is 4.12. The quantitative estimate of drug-likeness (QED) is 0.723. The van der Waals surface area contributed by atoms with Crippen molar-refractivity contribution in [3.63, 3.8) is 0 Å². The lowest BCUT2D eigenvalue weighted by Gasteiger charge is -2.24. The van der Waals surface area contributed by atoms with E-state index < -0.39 is 0 Å². The molecule has 0 unspecified atom stereocenters. The van der Waals surface area contributed by atoms with Crippen molar-refractivity contribution < 1.29 is 4.79 Å². The van der Waals surface area contributed by atoms with Crippen molar-refractivity contribution in [2.45, 2.75) is 44.2 Å². The third-order valence-corrected chi connectivity index (χ3v) is 3.92. The average Bonchev–Trinajstić information content (AvgIpc) is 2.72. The Morgan fingerprint density at radius 3 is 2.71 bits per heavy atom. The van der Waals surface area contributed by atoms with Crippen LogP contribution in [0.15, 0.2) is 0 Å². The molecule has 3 nitrogen and oxygen atoms in total. The molecule has 0 radical (unpaired) electrons. The highest BCUT2D eigenvalue weighted by Crippen LogP contribution is 2.18. The van der Waals surface area contributed by atoms with E-state index in [0.29, 0.717) is 6.04 Å². The number of hydrogen-bond acceptors (Lipinski definition) is 3. The van der Waals surface area contributed by atoms with Crippen LogP contribution in [0.25, 0.3) is 0 Å². The molecule has 4 heteroatoms. The van der Waals surface area contributed by atoms with Gasteiger partial charge in [-0.3, -0.25) is 10.1 Å². The standard InChI is InChI=1S/C10H18N2OS/c13-10(9-6-14-7-11-9)12-8-4-2-1-3-5-8/h8-9,11H,1-7H2,(H,12,13)/t9-/m1/s1. The van der Waals surface area contributed by atoms with Crippen molar-refractivity contribution in [1.82, 2.24) is 10.6 Å². The molecule has 1 aliphatic carbocycles. The highest BCUT2D eigenvalue weighted by atomic mass is 32.2. The molecule has 14 heavy (non-hydrogen) atoms. The summed E-state index contributed by atoms with van der Waals surface area (Å²) < 4.78 is 0. The average molecular weight is 214 g/mol. The van der Waals surface area contributed by atoms with E-state index in [0.717, 1.165) is 11.6 Å². The summed E-state index contributed by atoms with van der Waals surface area (Å²) in [5, 5.41) is 6.34. The van der Waals surface area contributed by atoms with Gasteiger partial charge in [0.15, 0.2) is 0 Å². The molecule has 0 aromatic rings. The zero-order chi connectivity index (χ0) is 9.80. The van der Waals surface area contributed by atoms with Crippen molar-refractivity contribution in [3.8, 4) is 0 Å². The molecule has 0 bridgehead atoms. The van der Waals surface area contributed by atoms with Crippen molar-refractivity contribution in [1.29, 1.82) is 0 Å². The van der Waals surface area contributed by atoms with Gasteiger partial charge in [-0.1, -0.05) is 19.3 Å². The third kappa shape index (κ3) is 2.64. The van der Waals surface area contributed by atoms with Gasteiger partial charge in [-0.25, -0.2) is 0 Å². The number of hydrogen-bond donors (Lipinski definition) is 2. The van der Waals surface area contributed by atoms with Gasteiger partial charge in [-0.05, 0) is 12.8 Å². The molecular weight excluding hydrogens is 196 g/mol. The summed E-state index contributed by atoms with van der Waals surface area (Å²) >= 11 is 1.80. The zero-order valence-electron chi connectivity index (χ0n) is 8.42. The van der Waals surface area contributed by atoms with Crippen molar-refractivity contribution >= 4 is 17.7 Å². The molecule has 1 aliphatic heterocycles. The molecule has 2 N–H and O–H groups in total. The number of carbonyl (C=O) groups excluding carboxylic acids is 1. The summed E-state index contributed by atoms with van der Waals surface area (Å²) in [6.07, 6.45) is 6.23. The predicted molar refractivity (Wildman–Crippen MR) is 59.3 cm³/mol. The SMILES string of the molecule is O=C(NC1CCCCC1)[C@H]1CSCN1. The molecule has 2 fully saturated rings. The zero-order valence-corrected chi connectivity index (χ0v) is 9.24. The van der Waals surface area contributed by atoms with Gasteiger partial charge in [-0.15, -0.1) is 11.8 Å². The van der Waals surface area contributed by atoms with Crippen LogP contribution in [0.4, 0.5) is 0 Å². The molecule has 2 aliphatic rings. The monoisotopic (exact) mass is 214 g/mol. The van der Waals surface area contributed by atoms with Gasteiger partial charge >= 0.3 is 0 Å². The Labute approximate surface area is 89.4 Å². The van der Waals surface area contributed by atoms with Gasteiger partial charge in [0.25, 0.3) is 0 Å². The van der Waals surface area contributed by atoms with Gasteiger partial charge in [-0.2, -0.15) is 0 Å². The highest BCUT2D eigenvalue weighted by molar-refractivity contribution is 7.99. The highest BCUT2D eigenvalue weighted by Gasteiger charge is 2.24. The number of rotatable bonds is 2. The fraction of sp³-hybridized carbons (Fsp3) is 0.900. The summed E-state index contributed by atoms with van der Waals surface area (Å²) in [7, 11) is 0. The number of carbonyl (C=O) groups is 1. The lowest BCUT2D eigenvalue weighted by atomic mass is 9.95. The molecular formula is C10H18N2OS. The largest absolute Gasteiger partial charge is 0.352 e. The Hall–Kier alpha value is -0.220. The van der Waals surface area contributed by atoms with Crippen molar-refractivity contribution in [2.75, 3.05) is 11.6 Å². The van der Waals surface area contributed by atoms with Gasteiger partial charge in [0.1, 0.15) is 0 Å². The summed E-state index contributed by atoms with van der Waals surface area (Å²) in [6, 6.07) is 0.505. The van der Waals surface area contributed by atoms with Crippen LogP contribution in [0.1, 0.15) is 32.1 Å². The van der Waals surface area contributed by atoms with Crippen LogP contribution in [-0.2, 0) is 4.79 Å². The number of nitrogens with one attached hydrogen (secondary N) is 2. The predicted octanol–water partition coefficient (Wildman–Crippen LogP) is 1.10. The molecule has 0 aromatic heterocycles. The fourth-order valence-corrected chi connectivity index (χ4v) is 3.05. The smallest absolute Gasteiger partial charge is 0.238 e. The van der Waals surface area contributed by atoms with E-state index in [1.165, 1.54) is 32.1 Å². The Bertz CT molecular complexity index is 198. The van der Waals surface area contributed by atoms with E-state index in [9.17, 15) is 4.79 Å². The first-order valence-electron chi connectivity index (χ1n) is 5.48. The van der Waals surface area contributed by atoms with Crippen molar-refractivity contribution in [2.24, 2.45) is 0 Å². The van der Waals surface area contributed by atoms with Gasteiger partial charge in [0.05, 0.1) is 6.04 Å². The van der Waals surface area contributed by atoms with E-state index in [-0.39, 0.29) is 11.9 Å². The molecule has 2 rings (SSSR count). The Kier molecular flexibility index (Phi) is 3.70. The van der Waals surface area contributed by atoms with Gasteiger partial charge in [0.2, 0.25) is 5.91 Å². The van der Waals surface area contributed by atoms with Crippen LogP contribution in [0.3, 0.4) is 0 Å². The van der Waals surface area contributed by atoms with Gasteiger partial charge in [0, 0.05) is 17.7 Å². The second kappa shape index (κ2) is 5.03. The number of amides is 1. The van der Waals surface area contributed by atoms with Crippen LogP contribution in [0, 0.1) is 0 Å². The molecule has 1 saturated heterocycles. The van der Waals surface area contributed by atoms with Crippen LogP contribution < -0.4 is 10.6 Å². The molecule has 1 heterocycles. The molecule has 1 amide bonds. The normalized spacial score (nSPS) is 29.0. The minimum Gasteiger partial charge on any atom is -0.352 e. The summed E-state index contributed by atoms with van der Waals surface area (Å²) in [5.41, 5.74) is 0. The molecule has 0 spiro atoms. The van der Waals surface area contributed by atoms with E-state index in [4.69, 9.17) is 0 Å². The van der Waals surface area contributed by atoms with E-state index >= 15 is 0 Å². The number of thioether (sulfide) groups is 1. The van der Waals surface area contributed by atoms with Crippen molar-refractivity contribution in [3.05, 3.63) is 0 Å². The summed E-state index contributed by atoms with van der Waals surface area (Å²) in [6.45, 7) is 0. The van der Waals surface area contributed by atoms with Crippen LogP contribution in [0.2, 0.25) is 0 Å². The lowest BCUT2D eigenvalue weighted by molar-refractivity contribution is -0.123. The molecule has 1 saturated carbocycles. The Morgan fingerprint density at radius 1 is 1.29 bits per heavy atom. The van der Waals surface area contributed by atoms with E-state index in [1.807, 2.05) is 0 Å². The lowest BCUT2D eigenvalue weighted by Crippen LogP contribution is -2.46. The topological polar surface area (TPSA) is 41.1 Å². The summed E-state index contributed by atoms with van der Waals surface area (Å²) in [4.78, 5) is 11.7. The minimum atomic E-state index is 0.0573. The van der Waals surface area contributed by atoms with Crippen LogP contribution in [0.5, 0.6) is 0 Å². The minimum absolute atomic E-state index is 0.0573. The molecule has 1 atom stereocenters. The Balaban J connectivity index is 1.75. The van der Waals surface area contributed by atoms with Crippen LogP contribution in [-0.4, -0.2) is 29.6 Å². The maximum atomic E-state index is 11.7. The van der Waals surface area contributed by atoms with E-state index in [1.54, 1.807) is 11.8 Å². The third-order valence-electron chi connectivity index (χ3n) is 2.98. The summed E-state index contributed by atoms with van der Waals surface area (Å²) in [5.74, 6) is 2.06. The van der Waals surface area contributed by atoms with E-state index in [2.05, 4.69) is 10.6 Å². The maximum Gasteiger partial charge on any atom is 0.238 e. The van der Waals surface area contributed by atoms with Gasteiger partial charge < -0.3 is 5.32 Å². The molecule has 80 valence electrons. The molecule has 0 aromatic carbocycles. The fourth-order valence-electron chi connectivity index (χ4n) is 2.11. The van der Waals surface area contributed by atoms with Crippen LogP contribution >= 0.6 is 11.8 Å². The first kappa shape index (κ1) is 10.3. The second-order valence-corrected chi connectivity index (χ2v) is 5.15. The first-order chi connectivity index (χ1) is 6.86. The maximum absolute atomic E-state index is 11.7. The first-order valence-corrected chi connectivity index (χ1v) is 6.63. The Morgan fingerprint density at radius 2 is 2.07 bits per heavy atom.